The molecule has 3 nitrogen and oxygen atoms in total. The van der Waals surface area contributed by atoms with Gasteiger partial charge in [0.05, 0.1) is 0 Å². The van der Waals surface area contributed by atoms with Gasteiger partial charge < -0.3 is 5.32 Å². The van der Waals surface area contributed by atoms with Crippen LogP contribution in [0.15, 0.2) is 0 Å². The highest BCUT2D eigenvalue weighted by Gasteiger charge is 2.35. The van der Waals surface area contributed by atoms with Gasteiger partial charge in [0.2, 0.25) is 0 Å². The van der Waals surface area contributed by atoms with Crippen molar-refractivity contribution in [1.29, 1.82) is 0 Å². The fourth-order valence-corrected chi connectivity index (χ4v) is 4.13. The molecule has 3 saturated heterocycles. The van der Waals surface area contributed by atoms with E-state index in [0.29, 0.717) is 0 Å². The van der Waals surface area contributed by atoms with Crippen LogP contribution in [-0.2, 0) is 0 Å². The summed E-state index contributed by atoms with van der Waals surface area (Å²) in [5, 5.41) is 3.59. The Balaban J connectivity index is 1.58. The van der Waals surface area contributed by atoms with Crippen molar-refractivity contribution in [2.75, 3.05) is 32.7 Å². The number of nitrogens with zero attached hydrogens (tertiary/aromatic N) is 2. The Kier molecular flexibility index (Phi) is 3.92. The standard InChI is InChI=1S/C15H29N3/c1-12-9-17-8-4-3-5-15(17)11-18(12)10-14-6-7-16-13(14)2/h12-16H,3-11H2,1-2H3. The highest BCUT2D eigenvalue weighted by atomic mass is 15.3. The lowest BCUT2D eigenvalue weighted by Gasteiger charge is -2.48. The molecule has 0 amide bonds. The van der Waals surface area contributed by atoms with E-state index in [1.165, 1.54) is 58.4 Å². The summed E-state index contributed by atoms with van der Waals surface area (Å²) in [4.78, 5) is 5.53. The Hall–Kier alpha value is -0.120. The molecule has 0 bridgehead atoms. The summed E-state index contributed by atoms with van der Waals surface area (Å²) in [6, 6.07) is 2.34. The van der Waals surface area contributed by atoms with Gasteiger partial charge in [0.1, 0.15) is 0 Å². The number of piperidine rings is 1. The largest absolute Gasteiger partial charge is 0.314 e. The lowest BCUT2D eigenvalue weighted by Crippen LogP contribution is -2.59. The highest BCUT2D eigenvalue weighted by Crippen LogP contribution is 2.26. The Bertz CT molecular complexity index is 281. The SMILES string of the molecule is CC1NCCC1CN1CC2CCCCN2CC1C. The molecule has 3 aliphatic heterocycles. The summed E-state index contributed by atoms with van der Waals surface area (Å²) in [5.74, 6) is 0.877. The van der Waals surface area contributed by atoms with Crippen molar-refractivity contribution < 1.29 is 0 Å². The van der Waals surface area contributed by atoms with Crippen molar-refractivity contribution in [3.05, 3.63) is 0 Å². The van der Waals surface area contributed by atoms with Gasteiger partial charge in [-0.3, -0.25) is 9.80 Å². The minimum absolute atomic E-state index is 0.724. The molecule has 0 spiro atoms. The van der Waals surface area contributed by atoms with Crippen LogP contribution in [-0.4, -0.2) is 60.6 Å². The highest BCUT2D eigenvalue weighted by molar-refractivity contribution is 4.91. The van der Waals surface area contributed by atoms with Crippen LogP contribution in [0.4, 0.5) is 0 Å². The molecular weight excluding hydrogens is 222 g/mol. The second-order valence-corrected chi connectivity index (χ2v) is 6.74. The molecule has 0 aromatic rings. The van der Waals surface area contributed by atoms with Crippen molar-refractivity contribution in [2.45, 2.75) is 57.7 Å². The molecule has 18 heavy (non-hydrogen) atoms. The molecule has 3 heterocycles. The first kappa shape index (κ1) is 12.9. The lowest BCUT2D eigenvalue weighted by atomic mass is 9.94. The van der Waals surface area contributed by atoms with Gasteiger partial charge in [0.25, 0.3) is 0 Å². The topological polar surface area (TPSA) is 18.5 Å². The van der Waals surface area contributed by atoms with Crippen LogP contribution in [0.1, 0.15) is 39.5 Å². The zero-order valence-corrected chi connectivity index (χ0v) is 12.1. The van der Waals surface area contributed by atoms with Crippen LogP contribution in [0.25, 0.3) is 0 Å². The van der Waals surface area contributed by atoms with E-state index in [0.717, 1.165) is 24.0 Å². The molecule has 3 aliphatic rings. The van der Waals surface area contributed by atoms with Gasteiger partial charge in [-0.25, -0.2) is 0 Å². The Morgan fingerprint density at radius 2 is 2.00 bits per heavy atom. The second kappa shape index (κ2) is 5.48. The van der Waals surface area contributed by atoms with E-state index < -0.39 is 0 Å². The Morgan fingerprint density at radius 1 is 1.11 bits per heavy atom. The smallest absolute Gasteiger partial charge is 0.0223 e. The van der Waals surface area contributed by atoms with E-state index in [2.05, 4.69) is 29.0 Å². The number of rotatable bonds is 2. The minimum atomic E-state index is 0.724. The molecule has 0 radical (unpaired) electrons. The zero-order chi connectivity index (χ0) is 12.5. The van der Waals surface area contributed by atoms with E-state index in [1.807, 2.05) is 0 Å². The Labute approximate surface area is 112 Å². The fraction of sp³-hybridized carbons (Fsp3) is 1.00. The van der Waals surface area contributed by atoms with Gasteiger partial charge in [-0.15, -0.1) is 0 Å². The molecule has 0 aliphatic carbocycles. The first-order chi connectivity index (χ1) is 8.74. The van der Waals surface area contributed by atoms with Gasteiger partial charge in [-0.2, -0.15) is 0 Å². The number of hydrogen-bond donors (Lipinski definition) is 1. The van der Waals surface area contributed by atoms with Crippen LogP contribution in [0.3, 0.4) is 0 Å². The first-order valence-electron chi connectivity index (χ1n) is 7.95. The minimum Gasteiger partial charge on any atom is -0.314 e. The zero-order valence-electron chi connectivity index (χ0n) is 12.1. The van der Waals surface area contributed by atoms with E-state index in [1.54, 1.807) is 0 Å². The maximum absolute atomic E-state index is 3.59. The summed E-state index contributed by atoms with van der Waals surface area (Å²) in [6.45, 7) is 11.3. The van der Waals surface area contributed by atoms with Crippen LogP contribution < -0.4 is 5.32 Å². The summed E-state index contributed by atoms with van der Waals surface area (Å²) in [6.07, 6.45) is 5.68. The molecule has 1 N–H and O–H groups in total. The number of hydrogen-bond acceptors (Lipinski definition) is 3. The fourth-order valence-electron chi connectivity index (χ4n) is 4.13. The third kappa shape index (κ3) is 2.59. The van der Waals surface area contributed by atoms with Crippen molar-refractivity contribution in [1.82, 2.24) is 15.1 Å². The summed E-state index contributed by atoms with van der Waals surface area (Å²) in [5.41, 5.74) is 0. The third-order valence-electron chi connectivity index (χ3n) is 5.47. The van der Waals surface area contributed by atoms with E-state index in [4.69, 9.17) is 0 Å². The number of piperazine rings is 1. The van der Waals surface area contributed by atoms with Crippen molar-refractivity contribution >= 4 is 0 Å². The molecule has 4 atom stereocenters. The molecule has 3 heteroatoms. The normalized spacial score (nSPS) is 43.0. The molecule has 3 fully saturated rings. The molecular formula is C15H29N3. The monoisotopic (exact) mass is 251 g/mol. The van der Waals surface area contributed by atoms with Crippen molar-refractivity contribution in [3.63, 3.8) is 0 Å². The maximum atomic E-state index is 3.59. The predicted molar refractivity (Wildman–Crippen MR) is 75.8 cm³/mol. The van der Waals surface area contributed by atoms with Crippen LogP contribution >= 0.6 is 0 Å². The Morgan fingerprint density at radius 3 is 2.78 bits per heavy atom. The van der Waals surface area contributed by atoms with Gasteiger partial charge in [0.15, 0.2) is 0 Å². The molecule has 4 unspecified atom stereocenters. The lowest BCUT2D eigenvalue weighted by molar-refractivity contribution is 0.00721. The first-order valence-corrected chi connectivity index (χ1v) is 7.95. The summed E-state index contributed by atoms with van der Waals surface area (Å²) >= 11 is 0. The van der Waals surface area contributed by atoms with E-state index in [-0.39, 0.29) is 0 Å². The predicted octanol–water partition coefficient (Wildman–Crippen LogP) is 1.54. The maximum Gasteiger partial charge on any atom is 0.0223 e. The van der Waals surface area contributed by atoms with Crippen molar-refractivity contribution in [3.8, 4) is 0 Å². The molecule has 3 rings (SSSR count). The van der Waals surface area contributed by atoms with Crippen LogP contribution in [0.5, 0.6) is 0 Å². The van der Waals surface area contributed by atoms with Gasteiger partial charge in [-0.05, 0) is 52.1 Å². The van der Waals surface area contributed by atoms with E-state index in [9.17, 15) is 0 Å². The third-order valence-corrected chi connectivity index (χ3v) is 5.47. The van der Waals surface area contributed by atoms with Crippen LogP contribution in [0, 0.1) is 5.92 Å². The average molecular weight is 251 g/mol. The number of fused-ring (bicyclic) bond motifs is 1. The van der Waals surface area contributed by atoms with Gasteiger partial charge in [-0.1, -0.05) is 6.42 Å². The quantitative estimate of drug-likeness (QED) is 0.803. The summed E-state index contributed by atoms with van der Waals surface area (Å²) < 4.78 is 0. The number of nitrogens with one attached hydrogen (secondary N) is 1. The van der Waals surface area contributed by atoms with Crippen molar-refractivity contribution in [2.24, 2.45) is 5.92 Å². The molecule has 0 aromatic heterocycles. The van der Waals surface area contributed by atoms with Gasteiger partial charge >= 0.3 is 0 Å². The van der Waals surface area contributed by atoms with Gasteiger partial charge in [0, 0.05) is 37.8 Å². The summed E-state index contributed by atoms with van der Waals surface area (Å²) in [7, 11) is 0. The second-order valence-electron chi connectivity index (χ2n) is 6.74. The van der Waals surface area contributed by atoms with E-state index >= 15 is 0 Å². The molecule has 0 aromatic carbocycles. The average Bonchev–Trinajstić information content (AvgIpc) is 2.76. The van der Waals surface area contributed by atoms with Crippen LogP contribution in [0.2, 0.25) is 0 Å². The molecule has 104 valence electrons. The molecule has 0 saturated carbocycles.